The lowest BCUT2D eigenvalue weighted by atomic mass is 10.4. The van der Waals surface area contributed by atoms with Crippen LogP contribution in [-0.2, 0) is 5.11 Å². The zero-order valence-corrected chi connectivity index (χ0v) is 7.49. The maximum absolute atomic E-state index is 10.4. The molecule has 0 aliphatic rings. The summed E-state index contributed by atoms with van der Waals surface area (Å²) in [4.78, 5) is 11.5. The van der Waals surface area contributed by atoms with Crippen LogP contribution in [0.5, 0.6) is 0 Å². The van der Waals surface area contributed by atoms with Crippen molar-refractivity contribution in [3.8, 4) is 0 Å². The molecule has 0 unspecified atom stereocenters. The summed E-state index contributed by atoms with van der Waals surface area (Å²) < 4.78 is 0. The minimum atomic E-state index is -1.20. The fraction of sp³-hybridized carbons (Fsp3) is 0.444. The summed E-state index contributed by atoms with van der Waals surface area (Å²) in [7, 11) is 0. The normalized spacial score (nSPS) is 11.2. The number of hydrogen-bond donors (Lipinski definition) is 0. The highest BCUT2D eigenvalue weighted by Gasteiger charge is 2.04. The number of amides is 1. The van der Waals surface area contributed by atoms with Gasteiger partial charge in [-0.15, -0.1) is 0 Å². The van der Waals surface area contributed by atoms with Crippen molar-refractivity contribution >= 4 is 6.09 Å². The highest BCUT2D eigenvalue weighted by molar-refractivity contribution is 5.67. The van der Waals surface area contributed by atoms with Gasteiger partial charge in [0.2, 0.25) is 0 Å². The van der Waals surface area contributed by atoms with Gasteiger partial charge in [-0.2, -0.15) is 0 Å². The molecular weight excluding hydrogens is 154 g/mol. The zero-order chi connectivity index (χ0) is 9.40. The van der Waals surface area contributed by atoms with Gasteiger partial charge in [0.25, 0.3) is 0 Å². The van der Waals surface area contributed by atoms with E-state index in [9.17, 15) is 9.90 Å². The third-order valence-corrected chi connectivity index (χ3v) is 1.21. The first-order valence-corrected chi connectivity index (χ1v) is 4.05. The molecule has 3 nitrogen and oxygen atoms in total. The second-order valence-corrected chi connectivity index (χ2v) is 2.26. The maximum atomic E-state index is 10.4. The highest BCUT2D eigenvalue weighted by atomic mass is 16.4. The lowest BCUT2D eigenvalue weighted by Crippen LogP contribution is -2.15. The van der Waals surface area contributed by atoms with Gasteiger partial charge < -0.3 is 0 Å². The van der Waals surface area contributed by atoms with Crippen LogP contribution in [0.15, 0.2) is 24.6 Å². The fourth-order valence-electron chi connectivity index (χ4n) is 0.609. The zero-order valence-electron chi connectivity index (χ0n) is 7.49. The molecule has 0 aromatic rings. The van der Waals surface area contributed by atoms with Crippen LogP contribution >= 0.6 is 0 Å². The molecule has 0 heterocycles. The largest absolute Gasteiger partial charge is 0.461 e. The molecule has 3 heteroatoms. The van der Waals surface area contributed by atoms with Crippen LogP contribution in [0.3, 0.4) is 0 Å². The molecule has 0 aromatic carbocycles. The topological polar surface area (TPSA) is 40.2 Å². The van der Waals surface area contributed by atoms with Gasteiger partial charge in [-0.3, -0.25) is 4.90 Å². The molecule has 1 radical (unpaired) electrons. The van der Waals surface area contributed by atoms with E-state index in [1.54, 1.807) is 12.2 Å². The van der Waals surface area contributed by atoms with E-state index in [1.807, 2.05) is 13.8 Å². The highest BCUT2D eigenvalue weighted by Crippen LogP contribution is 1.95. The standard InChI is InChI=1S/C9H14NO2/c1-3-5-7-10(9(11)12)8-6-4-2/h5-8H,3-4H2,1-2H3/b7-5+,8-6+. The number of rotatable bonds is 4. The molecule has 1 amide bonds. The van der Waals surface area contributed by atoms with Gasteiger partial charge in [-0.05, 0) is 12.8 Å². The number of nitrogens with zero attached hydrogens (tertiary/aromatic N) is 1. The molecule has 0 aromatic heterocycles. The monoisotopic (exact) mass is 168 g/mol. The smallest absolute Gasteiger partial charge is 0.258 e. The Morgan fingerprint density at radius 1 is 1.17 bits per heavy atom. The number of carbonyl (C=O) groups excluding carboxylic acids is 1. The third-order valence-electron chi connectivity index (χ3n) is 1.21. The predicted molar refractivity (Wildman–Crippen MR) is 46.8 cm³/mol. The van der Waals surface area contributed by atoms with E-state index in [1.165, 1.54) is 12.4 Å². The molecular formula is C9H14NO2. The molecule has 0 bridgehead atoms. The van der Waals surface area contributed by atoms with Crippen LogP contribution in [0, 0.1) is 0 Å². The molecule has 67 valence electrons. The Kier molecular flexibility index (Phi) is 5.79. The van der Waals surface area contributed by atoms with Crippen LogP contribution in [0.2, 0.25) is 0 Å². The van der Waals surface area contributed by atoms with Crippen molar-refractivity contribution in [1.82, 2.24) is 4.90 Å². The average molecular weight is 168 g/mol. The quantitative estimate of drug-likeness (QED) is 0.636. The van der Waals surface area contributed by atoms with Crippen LogP contribution < -0.4 is 0 Å². The second-order valence-electron chi connectivity index (χ2n) is 2.26. The Morgan fingerprint density at radius 3 is 1.83 bits per heavy atom. The SMILES string of the molecule is CC/C=C/N(/C=C/CC)C([O])=O. The Labute approximate surface area is 73.0 Å². The van der Waals surface area contributed by atoms with E-state index in [4.69, 9.17) is 0 Å². The summed E-state index contributed by atoms with van der Waals surface area (Å²) in [6.45, 7) is 3.88. The molecule has 0 N–H and O–H groups in total. The lowest BCUT2D eigenvalue weighted by Gasteiger charge is -2.04. The van der Waals surface area contributed by atoms with Gasteiger partial charge in [0.1, 0.15) is 0 Å². The van der Waals surface area contributed by atoms with Crippen LogP contribution in [0.1, 0.15) is 26.7 Å². The van der Waals surface area contributed by atoms with Gasteiger partial charge in [-0.1, -0.05) is 26.0 Å². The van der Waals surface area contributed by atoms with Crippen molar-refractivity contribution in [1.29, 1.82) is 0 Å². The average Bonchev–Trinajstić information content (AvgIpc) is 2.04. The van der Waals surface area contributed by atoms with Gasteiger partial charge in [0, 0.05) is 12.4 Å². The summed E-state index contributed by atoms with van der Waals surface area (Å²) in [5, 5.41) is 10.4. The number of carbonyl (C=O) groups is 1. The van der Waals surface area contributed by atoms with Crippen molar-refractivity contribution in [2.45, 2.75) is 26.7 Å². The van der Waals surface area contributed by atoms with E-state index >= 15 is 0 Å². The third kappa shape index (κ3) is 4.55. The van der Waals surface area contributed by atoms with Crippen LogP contribution in [-0.4, -0.2) is 11.0 Å². The van der Waals surface area contributed by atoms with E-state index < -0.39 is 6.09 Å². The van der Waals surface area contributed by atoms with E-state index in [0.29, 0.717) is 0 Å². The van der Waals surface area contributed by atoms with Gasteiger partial charge >= 0.3 is 6.09 Å². The summed E-state index contributed by atoms with van der Waals surface area (Å²) >= 11 is 0. The molecule has 0 rings (SSSR count). The first-order valence-electron chi connectivity index (χ1n) is 4.05. The number of allylic oxidation sites excluding steroid dienone is 2. The van der Waals surface area contributed by atoms with Crippen molar-refractivity contribution in [3.05, 3.63) is 24.6 Å². The molecule has 0 saturated carbocycles. The number of hydrogen-bond acceptors (Lipinski definition) is 1. The molecule has 0 aliphatic carbocycles. The first kappa shape index (κ1) is 10.8. The van der Waals surface area contributed by atoms with Crippen LogP contribution in [0.25, 0.3) is 0 Å². The van der Waals surface area contributed by atoms with Crippen molar-refractivity contribution in [2.24, 2.45) is 0 Å². The van der Waals surface area contributed by atoms with E-state index in [2.05, 4.69) is 0 Å². The molecule has 0 spiro atoms. The molecule has 0 atom stereocenters. The first-order chi connectivity index (χ1) is 5.72. The Hall–Kier alpha value is -1.25. The van der Waals surface area contributed by atoms with E-state index in [-0.39, 0.29) is 0 Å². The Bertz CT molecular complexity index is 171. The maximum Gasteiger partial charge on any atom is 0.461 e. The minimum Gasteiger partial charge on any atom is -0.258 e. The minimum absolute atomic E-state index is 0.809. The van der Waals surface area contributed by atoms with Crippen molar-refractivity contribution in [3.63, 3.8) is 0 Å². The summed E-state index contributed by atoms with van der Waals surface area (Å²) in [5.41, 5.74) is 0. The molecule has 0 aliphatic heterocycles. The van der Waals surface area contributed by atoms with Crippen LogP contribution in [0.4, 0.5) is 4.79 Å². The Morgan fingerprint density at radius 2 is 1.58 bits per heavy atom. The summed E-state index contributed by atoms with van der Waals surface area (Å²) in [6.07, 6.45) is 6.91. The molecule has 0 fully saturated rings. The molecule has 12 heavy (non-hydrogen) atoms. The van der Waals surface area contributed by atoms with Crippen molar-refractivity contribution < 1.29 is 9.90 Å². The second kappa shape index (κ2) is 6.46. The summed E-state index contributed by atoms with van der Waals surface area (Å²) in [6, 6.07) is 0. The van der Waals surface area contributed by atoms with Crippen molar-refractivity contribution in [2.75, 3.05) is 0 Å². The predicted octanol–water partition coefficient (Wildman–Crippen LogP) is 2.69. The van der Waals surface area contributed by atoms with Gasteiger partial charge in [0.15, 0.2) is 0 Å². The lowest BCUT2D eigenvalue weighted by molar-refractivity contribution is 0.148. The fourth-order valence-corrected chi connectivity index (χ4v) is 0.609. The van der Waals surface area contributed by atoms with E-state index in [0.717, 1.165) is 17.7 Å². The van der Waals surface area contributed by atoms with Gasteiger partial charge in [-0.25, -0.2) is 9.90 Å². The summed E-state index contributed by atoms with van der Waals surface area (Å²) in [5.74, 6) is 0. The Balaban J connectivity index is 4.13. The molecule has 0 saturated heterocycles. The van der Waals surface area contributed by atoms with Gasteiger partial charge in [0.05, 0.1) is 0 Å².